The van der Waals surface area contributed by atoms with Crippen LogP contribution in [0, 0.1) is 0 Å². The van der Waals surface area contributed by atoms with Gasteiger partial charge in [-0.15, -0.1) is 0 Å². The molecule has 3 rings (SSSR count). The van der Waals surface area contributed by atoms with Crippen LogP contribution in [-0.4, -0.2) is 18.3 Å². The Morgan fingerprint density at radius 3 is 2.67 bits per heavy atom. The van der Waals surface area contributed by atoms with Gasteiger partial charge in [0.15, 0.2) is 11.5 Å². The third-order valence-corrected chi connectivity index (χ3v) is 3.48. The summed E-state index contributed by atoms with van der Waals surface area (Å²) in [6.07, 6.45) is 0.909. The maximum Gasteiger partial charge on any atom is 0.161 e. The summed E-state index contributed by atoms with van der Waals surface area (Å²) >= 11 is 0. The van der Waals surface area contributed by atoms with Gasteiger partial charge in [-0.25, -0.2) is 0 Å². The first kappa shape index (κ1) is 13.8. The number of hydrogen-bond acceptors (Lipinski definition) is 4. The second-order valence-corrected chi connectivity index (χ2v) is 5.00. The van der Waals surface area contributed by atoms with Gasteiger partial charge in [0.1, 0.15) is 0 Å². The summed E-state index contributed by atoms with van der Waals surface area (Å²) in [5.41, 5.74) is 2.96. The van der Waals surface area contributed by atoms with Crippen LogP contribution in [-0.2, 0) is 13.2 Å². The Labute approximate surface area is 124 Å². The Morgan fingerprint density at radius 2 is 1.81 bits per heavy atom. The maximum absolute atomic E-state index is 9.33. The smallest absolute Gasteiger partial charge is 0.161 e. The Bertz CT molecular complexity index is 613. The Kier molecular flexibility index (Phi) is 4.26. The Balaban J connectivity index is 1.72. The molecule has 4 heteroatoms. The van der Waals surface area contributed by atoms with Crippen LogP contribution in [0.3, 0.4) is 0 Å². The lowest BCUT2D eigenvalue weighted by Gasteiger charge is -2.12. The van der Waals surface area contributed by atoms with Crippen LogP contribution >= 0.6 is 0 Å². The van der Waals surface area contributed by atoms with Gasteiger partial charge in [-0.1, -0.05) is 24.3 Å². The van der Waals surface area contributed by atoms with Gasteiger partial charge in [0.2, 0.25) is 0 Å². The highest BCUT2D eigenvalue weighted by Crippen LogP contribution is 2.30. The second kappa shape index (κ2) is 6.50. The quantitative estimate of drug-likeness (QED) is 0.907. The number of ether oxygens (including phenoxy) is 2. The second-order valence-electron chi connectivity index (χ2n) is 5.00. The highest BCUT2D eigenvalue weighted by molar-refractivity contribution is 5.52. The summed E-state index contributed by atoms with van der Waals surface area (Å²) < 4.78 is 11.3. The van der Waals surface area contributed by atoms with E-state index in [2.05, 4.69) is 5.32 Å². The molecule has 1 aliphatic rings. The predicted molar refractivity (Wildman–Crippen MR) is 81.7 cm³/mol. The molecule has 0 saturated heterocycles. The molecule has 0 spiro atoms. The molecule has 4 nitrogen and oxygen atoms in total. The number of para-hydroxylation sites is 1. The monoisotopic (exact) mass is 285 g/mol. The van der Waals surface area contributed by atoms with Crippen LogP contribution in [0.25, 0.3) is 0 Å². The lowest BCUT2D eigenvalue weighted by Crippen LogP contribution is -2.03. The van der Waals surface area contributed by atoms with Crippen molar-refractivity contribution in [1.82, 2.24) is 0 Å². The molecular formula is C17H19NO3. The molecule has 1 heterocycles. The van der Waals surface area contributed by atoms with Gasteiger partial charge < -0.3 is 19.9 Å². The highest BCUT2D eigenvalue weighted by atomic mass is 16.5. The van der Waals surface area contributed by atoms with Gasteiger partial charge in [-0.3, -0.25) is 0 Å². The van der Waals surface area contributed by atoms with Crippen molar-refractivity contribution in [3.05, 3.63) is 53.6 Å². The number of fused-ring (bicyclic) bond motifs is 1. The fourth-order valence-electron chi connectivity index (χ4n) is 2.35. The van der Waals surface area contributed by atoms with Crippen molar-refractivity contribution in [2.45, 2.75) is 19.6 Å². The van der Waals surface area contributed by atoms with E-state index in [-0.39, 0.29) is 6.61 Å². The number of benzene rings is 2. The topological polar surface area (TPSA) is 50.7 Å². The van der Waals surface area contributed by atoms with Crippen molar-refractivity contribution in [3.8, 4) is 11.5 Å². The largest absolute Gasteiger partial charge is 0.490 e. The zero-order chi connectivity index (χ0) is 14.5. The SMILES string of the molecule is OCc1ccccc1NCc1ccc2c(c1)OCCCO2. The van der Waals surface area contributed by atoms with E-state index in [4.69, 9.17) is 9.47 Å². The molecule has 0 aliphatic carbocycles. The van der Waals surface area contributed by atoms with E-state index < -0.39 is 0 Å². The van der Waals surface area contributed by atoms with Crippen molar-refractivity contribution < 1.29 is 14.6 Å². The minimum Gasteiger partial charge on any atom is -0.490 e. The minimum absolute atomic E-state index is 0.0321. The number of hydrogen-bond donors (Lipinski definition) is 2. The van der Waals surface area contributed by atoms with Crippen LogP contribution in [0.4, 0.5) is 5.69 Å². The molecule has 2 aromatic rings. The summed E-state index contributed by atoms with van der Waals surface area (Å²) in [6.45, 7) is 2.10. The molecule has 110 valence electrons. The zero-order valence-corrected chi connectivity index (χ0v) is 11.8. The van der Waals surface area contributed by atoms with Crippen LogP contribution in [0.15, 0.2) is 42.5 Å². The normalized spacial score (nSPS) is 13.6. The molecule has 0 unspecified atom stereocenters. The van der Waals surface area contributed by atoms with E-state index in [9.17, 15) is 5.11 Å². The molecule has 0 fully saturated rings. The van der Waals surface area contributed by atoms with Crippen LogP contribution in [0.1, 0.15) is 17.5 Å². The third kappa shape index (κ3) is 3.28. The maximum atomic E-state index is 9.33. The predicted octanol–water partition coefficient (Wildman–Crippen LogP) is 2.95. The number of anilines is 1. The summed E-state index contributed by atoms with van der Waals surface area (Å²) in [5, 5.41) is 12.7. The van der Waals surface area contributed by atoms with Gasteiger partial charge in [-0.2, -0.15) is 0 Å². The molecule has 0 amide bonds. The van der Waals surface area contributed by atoms with E-state index in [0.717, 1.165) is 34.7 Å². The zero-order valence-electron chi connectivity index (χ0n) is 11.8. The van der Waals surface area contributed by atoms with E-state index >= 15 is 0 Å². The summed E-state index contributed by atoms with van der Waals surface area (Å²) in [6, 6.07) is 13.7. The van der Waals surface area contributed by atoms with Crippen LogP contribution in [0.5, 0.6) is 11.5 Å². The first-order chi connectivity index (χ1) is 10.4. The number of aliphatic hydroxyl groups is 1. The van der Waals surface area contributed by atoms with Crippen molar-refractivity contribution in [3.63, 3.8) is 0 Å². The molecule has 0 radical (unpaired) electrons. The van der Waals surface area contributed by atoms with Gasteiger partial charge in [0.25, 0.3) is 0 Å². The Hall–Kier alpha value is -2.20. The van der Waals surface area contributed by atoms with E-state index in [1.165, 1.54) is 0 Å². The molecule has 0 saturated carbocycles. The van der Waals surface area contributed by atoms with E-state index in [1.54, 1.807) is 0 Å². The van der Waals surface area contributed by atoms with Crippen LogP contribution in [0.2, 0.25) is 0 Å². The third-order valence-electron chi connectivity index (χ3n) is 3.48. The summed E-state index contributed by atoms with van der Waals surface area (Å²) in [4.78, 5) is 0. The standard InChI is InChI=1S/C17H19NO3/c19-12-14-4-1-2-5-15(14)18-11-13-6-7-16-17(10-13)21-9-3-8-20-16/h1-2,4-7,10,18-19H,3,8-9,11-12H2. The molecule has 21 heavy (non-hydrogen) atoms. The molecule has 0 aromatic heterocycles. The van der Waals surface area contributed by atoms with Crippen molar-refractivity contribution in [1.29, 1.82) is 0 Å². The van der Waals surface area contributed by atoms with Crippen molar-refractivity contribution >= 4 is 5.69 Å². The molecular weight excluding hydrogens is 266 g/mol. The number of rotatable bonds is 4. The fourth-order valence-corrected chi connectivity index (χ4v) is 2.35. The first-order valence-corrected chi connectivity index (χ1v) is 7.18. The first-order valence-electron chi connectivity index (χ1n) is 7.18. The average Bonchev–Trinajstić information content (AvgIpc) is 2.78. The van der Waals surface area contributed by atoms with Gasteiger partial charge >= 0.3 is 0 Å². The molecule has 2 aromatic carbocycles. The number of aliphatic hydroxyl groups excluding tert-OH is 1. The lowest BCUT2D eigenvalue weighted by molar-refractivity contribution is 0.282. The fraction of sp³-hybridized carbons (Fsp3) is 0.294. The molecule has 2 N–H and O–H groups in total. The molecule has 0 bridgehead atoms. The summed E-state index contributed by atoms with van der Waals surface area (Å²) in [7, 11) is 0. The van der Waals surface area contributed by atoms with E-state index in [0.29, 0.717) is 19.8 Å². The van der Waals surface area contributed by atoms with Gasteiger partial charge in [-0.05, 0) is 23.8 Å². The van der Waals surface area contributed by atoms with Crippen molar-refractivity contribution in [2.75, 3.05) is 18.5 Å². The van der Waals surface area contributed by atoms with Crippen LogP contribution < -0.4 is 14.8 Å². The van der Waals surface area contributed by atoms with Gasteiger partial charge in [0, 0.05) is 24.2 Å². The average molecular weight is 285 g/mol. The lowest BCUT2D eigenvalue weighted by atomic mass is 10.1. The molecule has 0 atom stereocenters. The van der Waals surface area contributed by atoms with E-state index in [1.807, 2.05) is 42.5 Å². The summed E-state index contributed by atoms with van der Waals surface area (Å²) in [5.74, 6) is 1.62. The van der Waals surface area contributed by atoms with Crippen molar-refractivity contribution in [2.24, 2.45) is 0 Å². The molecule has 1 aliphatic heterocycles. The van der Waals surface area contributed by atoms with Gasteiger partial charge in [0.05, 0.1) is 19.8 Å². The Morgan fingerprint density at radius 1 is 1.00 bits per heavy atom. The number of nitrogens with one attached hydrogen (secondary N) is 1. The minimum atomic E-state index is 0.0321. The highest BCUT2D eigenvalue weighted by Gasteiger charge is 2.10.